The molecule has 2 saturated heterocycles. The quantitative estimate of drug-likeness (QED) is 0.676. The van der Waals surface area contributed by atoms with E-state index >= 15 is 0 Å². The molecule has 4 bridgehead atoms. The number of hydrogen-bond donors (Lipinski definition) is 1. The van der Waals surface area contributed by atoms with Crippen LogP contribution < -0.4 is 0 Å². The second kappa shape index (κ2) is 3.18. The number of amides is 1. The van der Waals surface area contributed by atoms with Gasteiger partial charge in [0.2, 0.25) is 0 Å². The van der Waals surface area contributed by atoms with Crippen molar-refractivity contribution in [2.75, 3.05) is 0 Å². The molecule has 0 radical (unpaired) electrons. The van der Waals surface area contributed by atoms with Crippen molar-refractivity contribution in [1.82, 2.24) is 4.90 Å². The van der Waals surface area contributed by atoms with Gasteiger partial charge in [0.05, 0.1) is 5.60 Å². The summed E-state index contributed by atoms with van der Waals surface area (Å²) in [6.07, 6.45) is -5.02. The normalized spacial score (nSPS) is 46.6. The summed E-state index contributed by atoms with van der Waals surface area (Å²) in [6, 6.07) is -1.65. The summed E-state index contributed by atoms with van der Waals surface area (Å²) in [5.74, 6) is -1.90. The van der Waals surface area contributed by atoms with E-state index in [4.69, 9.17) is 0 Å². The molecular formula is C11H13F4NO2. The molecule has 102 valence electrons. The first-order valence-corrected chi connectivity index (χ1v) is 5.93. The molecule has 4 aliphatic rings. The van der Waals surface area contributed by atoms with Crippen LogP contribution in [0.3, 0.4) is 0 Å². The Morgan fingerprint density at radius 3 is 2.06 bits per heavy atom. The average Bonchev–Trinajstić information content (AvgIpc) is 2.09. The predicted molar refractivity (Wildman–Crippen MR) is 52.4 cm³/mol. The number of halogens is 4. The Balaban J connectivity index is 1.91. The molecule has 2 unspecified atom stereocenters. The van der Waals surface area contributed by atoms with E-state index in [0.717, 1.165) is 4.90 Å². The minimum absolute atomic E-state index is 0.0128. The van der Waals surface area contributed by atoms with E-state index in [0.29, 0.717) is 0 Å². The zero-order valence-corrected chi connectivity index (χ0v) is 9.50. The van der Waals surface area contributed by atoms with E-state index in [1.165, 1.54) is 0 Å². The molecule has 1 N–H and O–H groups in total. The summed E-state index contributed by atoms with van der Waals surface area (Å²) in [5, 5.41) is 10.1. The average molecular weight is 267 g/mol. The Morgan fingerprint density at radius 2 is 1.67 bits per heavy atom. The molecule has 1 amide bonds. The fourth-order valence-corrected chi connectivity index (χ4v) is 4.08. The summed E-state index contributed by atoms with van der Waals surface area (Å²) in [4.78, 5) is 12.1. The van der Waals surface area contributed by atoms with Crippen LogP contribution in [0, 0.1) is 0 Å². The molecule has 18 heavy (non-hydrogen) atoms. The van der Waals surface area contributed by atoms with E-state index in [1.54, 1.807) is 0 Å². The van der Waals surface area contributed by atoms with Crippen molar-refractivity contribution in [3.63, 3.8) is 0 Å². The van der Waals surface area contributed by atoms with E-state index in [2.05, 4.69) is 0 Å². The molecule has 0 spiro atoms. The van der Waals surface area contributed by atoms with Crippen molar-refractivity contribution in [1.29, 1.82) is 0 Å². The van der Waals surface area contributed by atoms with Gasteiger partial charge < -0.3 is 10.0 Å². The molecule has 4 fully saturated rings. The van der Waals surface area contributed by atoms with Gasteiger partial charge in [-0.15, -0.1) is 0 Å². The second-order valence-electron chi connectivity index (χ2n) is 5.89. The first-order valence-electron chi connectivity index (χ1n) is 5.93. The summed E-state index contributed by atoms with van der Waals surface area (Å²) >= 11 is 0. The van der Waals surface area contributed by atoms with Gasteiger partial charge in [-0.3, -0.25) is 4.79 Å². The van der Waals surface area contributed by atoms with Gasteiger partial charge >= 0.3 is 12.1 Å². The van der Waals surface area contributed by atoms with E-state index in [-0.39, 0.29) is 32.1 Å². The van der Waals surface area contributed by atoms with Crippen molar-refractivity contribution >= 4 is 5.91 Å². The van der Waals surface area contributed by atoms with Gasteiger partial charge in [-0.05, 0) is 12.8 Å². The smallest absolute Gasteiger partial charge is 0.390 e. The van der Waals surface area contributed by atoms with Crippen LogP contribution in [-0.2, 0) is 4.79 Å². The molecule has 2 heterocycles. The molecule has 4 rings (SSSR count). The minimum Gasteiger partial charge on any atom is -0.390 e. The number of piperidine rings is 2. The zero-order valence-electron chi connectivity index (χ0n) is 9.50. The molecule has 2 atom stereocenters. The van der Waals surface area contributed by atoms with Crippen LogP contribution in [0.1, 0.15) is 32.1 Å². The van der Waals surface area contributed by atoms with Gasteiger partial charge in [-0.2, -0.15) is 13.2 Å². The van der Waals surface area contributed by atoms with Crippen LogP contribution in [0.25, 0.3) is 0 Å². The number of carbonyl (C=O) groups excluding carboxylic acids is 1. The maximum atomic E-state index is 14.3. The van der Waals surface area contributed by atoms with E-state index < -0.39 is 35.4 Å². The number of nitrogens with zero attached hydrogens (tertiary/aromatic N) is 1. The van der Waals surface area contributed by atoms with Gasteiger partial charge in [0.25, 0.3) is 0 Å². The van der Waals surface area contributed by atoms with Gasteiger partial charge in [0.15, 0.2) is 0 Å². The van der Waals surface area contributed by atoms with E-state index in [9.17, 15) is 27.5 Å². The number of hydrogen-bond acceptors (Lipinski definition) is 2. The third-order valence-electron chi connectivity index (χ3n) is 4.34. The third-order valence-corrected chi connectivity index (χ3v) is 4.34. The lowest BCUT2D eigenvalue weighted by atomic mass is 9.59. The summed E-state index contributed by atoms with van der Waals surface area (Å²) in [7, 11) is 0. The first kappa shape index (κ1) is 12.2. The third kappa shape index (κ3) is 1.63. The standard InChI is InChI=1S/C11H13F4NO2/c12-9-1-6-3-10(18,5-9)4-7(2-9)16(6)8(17)11(13,14)15/h6-7,18H,1-5H2. The van der Waals surface area contributed by atoms with Crippen molar-refractivity contribution in [3.05, 3.63) is 0 Å². The van der Waals surface area contributed by atoms with E-state index in [1.807, 2.05) is 0 Å². The Bertz CT molecular complexity index is 372. The van der Waals surface area contributed by atoms with Gasteiger partial charge in [-0.1, -0.05) is 0 Å². The highest BCUT2D eigenvalue weighted by molar-refractivity contribution is 5.83. The van der Waals surface area contributed by atoms with Crippen LogP contribution in [0.4, 0.5) is 17.6 Å². The largest absolute Gasteiger partial charge is 0.471 e. The fourth-order valence-electron chi connectivity index (χ4n) is 4.08. The number of alkyl halides is 4. The van der Waals surface area contributed by atoms with Crippen LogP contribution in [0.2, 0.25) is 0 Å². The van der Waals surface area contributed by atoms with Crippen LogP contribution in [-0.4, -0.2) is 45.4 Å². The topological polar surface area (TPSA) is 40.5 Å². The summed E-state index contributed by atoms with van der Waals surface area (Å²) < 4.78 is 51.8. The molecule has 7 heteroatoms. The maximum Gasteiger partial charge on any atom is 0.471 e. The van der Waals surface area contributed by atoms with Crippen LogP contribution >= 0.6 is 0 Å². The molecule has 2 aliphatic heterocycles. The Morgan fingerprint density at radius 1 is 1.17 bits per heavy atom. The van der Waals surface area contributed by atoms with Crippen LogP contribution in [0.15, 0.2) is 0 Å². The Kier molecular flexibility index (Phi) is 2.15. The molecule has 0 aromatic rings. The molecule has 3 nitrogen and oxygen atoms in total. The lowest BCUT2D eigenvalue weighted by Crippen LogP contribution is -2.71. The SMILES string of the molecule is O=C(N1C2CC3(O)CC1CC(F)(C2)C3)C(F)(F)F. The van der Waals surface area contributed by atoms with Gasteiger partial charge in [0.1, 0.15) is 5.67 Å². The molecule has 0 aromatic carbocycles. The number of rotatable bonds is 0. The summed E-state index contributed by atoms with van der Waals surface area (Å²) in [5.41, 5.74) is -2.84. The number of aliphatic hydroxyl groups is 1. The predicted octanol–water partition coefficient (Wildman–Crippen LogP) is 1.55. The maximum absolute atomic E-state index is 14.3. The highest BCUT2D eigenvalue weighted by atomic mass is 19.4. The Hall–Kier alpha value is -0.850. The first-order chi connectivity index (χ1) is 8.12. The fraction of sp³-hybridized carbons (Fsp3) is 0.909. The van der Waals surface area contributed by atoms with Gasteiger partial charge in [0, 0.05) is 31.3 Å². The van der Waals surface area contributed by atoms with Crippen molar-refractivity contribution in [2.24, 2.45) is 0 Å². The molecule has 0 aromatic heterocycles. The molecule has 2 aliphatic carbocycles. The lowest BCUT2D eigenvalue weighted by Gasteiger charge is -2.61. The van der Waals surface area contributed by atoms with Crippen molar-refractivity contribution in [2.45, 2.75) is 61.6 Å². The second-order valence-corrected chi connectivity index (χ2v) is 5.89. The Labute approximate surface area is 101 Å². The summed E-state index contributed by atoms with van der Waals surface area (Å²) in [6.45, 7) is 0. The highest BCUT2D eigenvalue weighted by Gasteiger charge is 2.64. The zero-order chi connectivity index (χ0) is 13.3. The van der Waals surface area contributed by atoms with Crippen LogP contribution in [0.5, 0.6) is 0 Å². The molecule has 2 saturated carbocycles. The van der Waals surface area contributed by atoms with Gasteiger partial charge in [-0.25, -0.2) is 4.39 Å². The molecular weight excluding hydrogens is 254 g/mol. The highest BCUT2D eigenvalue weighted by Crippen LogP contribution is 2.55. The monoisotopic (exact) mass is 267 g/mol. The van der Waals surface area contributed by atoms with Crippen molar-refractivity contribution in [3.8, 4) is 0 Å². The van der Waals surface area contributed by atoms with Crippen molar-refractivity contribution < 1.29 is 27.5 Å². The number of carbonyl (C=O) groups is 1. The minimum atomic E-state index is -4.93. The lowest BCUT2D eigenvalue weighted by molar-refractivity contribution is -0.226.